The summed E-state index contributed by atoms with van der Waals surface area (Å²) in [5.41, 5.74) is 0. The number of nitrogens with zero attached hydrogens (tertiary/aromatic N) is 2. The molecule has 18 heavy (non-hydrogen) atoms. The van der Waals surface area contributed by atoms with Gasteiger partial charge in [-0.05, 0) is 19.1 Å². The maximum absolute atomic E-state index is 11.9. The third kappa shape index (κ3) is 2.77. The molecule has 3 N–H and O–H groups in total. The highest BCUT2D eigenvalue weighted by atomic mass is 32.2. The van der Waals surface area contributed by atoms with Crippen LogP contribution in [0.3, 0.4) is 0 Å². The van der Waals surface area contributed by atoms with E-state index in [4.69, 9.17) is 0 Å². The lowest BCUT2D eigenvalue weighted by Crippen LogP contribution is -2.14. The number of aromatic nitrogens is 3. The van der Waals surface area contributed by atoms with Gasteiger partial charge in [-0.1, -0.05) is 0 Å². The van der Waals surface area contributed by atoms with Crippen molar-refractivity contribution in [2.75, 3.05) is 16.6 Å². The van der Waals surface area contributed by atoms with Crippen molar-refractivity contribution in [1.29, 1.82) is 0 Å². The van der Waals surface area contributed by atoms with Crippen LogP contribution in [0.4, 0.5) is 11.8 Å². The number of hydrogen-bond acceptors (Lipinski definition) is 5. The average Bonchev–Trinajstić information content (AvgIpc) is 2.82. The highest BCUT2D eigenvalue weighted by Crippen LogP contribution is 2.13. The molecule has 0 unspecified atom stereocenters. The van der Waals surface area contributed by atoms with E-state index in [2.05, 4.69) is 25.0 Å². The third-order valence-electron chi connectivity index (χ3n) is 2.13. The van der Waals surface area contributed by atoms with E-state index in [1.54, 1.807) is 6.07 Å². The molecule has 0 radical (unpaired) electrons. The molecule has 0 saturated carbocycles. The smallest absolute Gasteiger partial charge is 0.265 e. The van der Waals surface area contributed by atoms with Crippen LogP contribution in [0.1, 0.15) is 6.92 Å². The number of H-pyrrole nitrogens is 1. The second-order valence-corrected chi connectivity index (χ2v) is 5.14. The van der Waals surface area contributed by atoms with Gasteiger partial charge in [0.25, 0.3) is 10.0 Å². The molecule has 2 rings (SSSR count). The molecule has 96 valence electrons. The standard InChI is InChI=1S/C10H13N5O2S/c1-2-11-9-4-3-8(7-14-9)18(16,17)15-10-12-5-6-13-10/h3-7H,2H2,1H3,(H,11,14)(H2,12,13,15). The Morgan fingerprint density at radius 1 is 1.33 bits per heavy atom. The first-order valence-corrected chi connectivity index (χ1v) is 6.82. The number of sulfonamides is 1. The van der Waals surface area contributed by atoms with Gasteiger partial charge in [-0.2, -0.15) is 0 Å². The average molecular weight is 267 g/mol. The number of hydrogen-bond donors (Lipinski definition) is 3. The quantitative estimate of drug-likeness (QED) is 0.751. The molecular formula is C10H13N5O2S. The van der Waals surface area contributed by atoms with Gasteiger partial charge in [-0.3, -0.25) is 0 Å². The monoisotopic (exact) mass is 267 g/mol. The van der Waals surface area contributed by atoms with Gasteiger partial charge in [0.2, 0.25) is 5.95 Å². The second kappa shape index (κ2) is 5.05. The van der Waals surface area contributed by atoms with E-state index in [9.17, 15) is 8.42 Å². The van der Waals surface area contributed by atoms with Crippen molar-refractivity contribution in [3.8, 4) is 0 Å². The second-order valence-electron chi connectivity index (χ2n) is 3.45. The Morgan fingerprint density at radius 3 is 2.72 bits per heavy atom. The van der Waals surface area contributed by atoms with Crippen molar-refractivity contribution in [2.24, 2.45) is 0 Å². The van der Waals surface area contributed by atoms with Gasteiger partial charge >= 0.3 is 0 Å². The molecule has 0 aliphatic heterocycles. The Bertz CT molecular complexity index is 592. The fourth-order valence-corrected chi connectivity index (χ4v) is 2.25. The summed E-state index contributed by atoms with van der Waals surface area (Å²) in [5, 5.41) is 2.99. The Labute approximate surface area is 105 Å². The van der Waals surface area contributed by atoms with Crippen molar-refractivity contribution < 1.29 is 8.42 Å². The molecule has 0 aliphatic rings. The highest BCUT2D eigenvalue weighted by Gasteiger charge is 2.15. The number of aromatic amines is 1. The number of rotatable bonds is 5. The predicted octanol–water partition coefficient (Wildman–Crippen LogP) is 1.04. The number of pyridine rings is 1. The summed E-state index contributed by atoms with van der Waals surface area (Å²) in [6, 6.07) is 3.09. The summed E-state index contributed by atoms with van der Waals surface area (Å²) >= 11 is 0. The van der Waals surface area contributed by atoms with Crippen LogP contribution in [-0.4, -0.2) is 29.9 Å². The molecule has 0 aliphatic carbocycles. The molecule has 2 aromatic rings. The van der Waals surface area contributed by atoms with Gasteiger partial charge in [0.15, 0.2) is 0 Å². The number of anilines is 2. The lowest BCUT2D eigenvalue weighted by molar-refractivity contribution is 0.600. The molecule has 7 nitrogen and oxygen atoms in total. The Morgan fingerprint density at radius 2 is 2.17 bits per heavy atom. The fraction of sp³-hybridized carbons (Fsp3) is 0.200. The van der Waals surface area contributed by atoms with Crippen molar-refractivity contribution in [3.63, 3.8) is 0 Å². The largest absolute Gasteiger partial charge is 0.370 e. The maximum atomic E-state index is 11.9. The van der Waals surface area contributed by atoms with Crippen LogP contribution < -0.4 is 10.0 Å². The predicted molar refractivity (Wildman–Crippen MR) is 67.8 cm³/mol. The third-order valence-corrected chi connectivity index (χ3v) is 3.46. The van der Waals surface area contributed by atoms with Crippen LogP contribution in [0, 0.1) is 0 Å². The number of nitrogens with one attached hydrogen (secondary N) is 3. The topological polar surface area (TPSA) is 99.8 Å². The molecule has 0 spiro atoms. The summed E-state index contributed by atoms with van der Waals surface area (Å²) < 4.78 is 26.2. The highest BCUT2D eigenvalue weighted by molar-refractivity contribution is 7.92. The molecular weight excluding hydrogens is 254 g/mol. The first kappa shape index (κ1) is 12.4. The van der Waals surface area contributed by atoms with E-state index in [-0.39, 0.29) is 10.8 Å². The molecule has 0 bridgehead atoms. The van der Waals surface area contributed by atoms with Crippen molar-refractivity contribution in [2.45, 2.75) is 11.8 Å². The number of imidazole rings is 1. The fourth-order valence-electron chi connectivity index (χ4n) is 1.33. The van der Waals surface area contributed by atoms with Gasteiger partial charge in [0.1, 0.15) is 10.7 Å². The van der Waals surface area contributed by atoms with Gasteiger partial charge in [-0.25, -0.2) is 23.1 Å². The maximum Gasteiger partial charge on any atom is 0.265 e. The molecule has 2 heterocycles. The summed E-state index contributed by atoms with van der Waals surface area (Å²) in [5.74, 6) is 0.806. The van der Waals surface area contributed by atoms with E-state index in [1.165, 1.54) is 24.7 Å². The van der Waals surface area contributed by atoms with Crippen LogP contribution in [0.25, 0.3) is 0 Å². The van der Waals surface area contributed by atoms with Crippen LogP contribution >= 0.6 is 0 Å². The minimum atomic E-state index is -3.65. The van der Waals surface area contributed by atoms with Crippen molar-refractivity contribution in [3.05, 3.63) is 30.7 Å². The van der Waals surface area contributed by atoms with Gasteiger partial charge in [0.05, 0.1) is 0 Å². The van der Waals surface area contributed by atoms with E-state index >= 15 is 0 Å². The van der Waals surface area contributed by atoms with E-state index in [1.807, 2.05) is 6.92 Å². The van der Waals surface area contributed by atoms with E-state index in [0.717, 1.165) is 6.54 Å². The normalized spacial score (nSPS) is 11.2. The lowest BCUT2D eigenvalue weighted by atomic mass is 10.4. The molecule has 8 heteroatoms. The summed E-state index contributed by atoms with van der Waals surface area (Å²) in [6.07, 6.45) is 4.29. The molecule has 0 amide bonds. The van der Waals surface area contributed by atoms with Gasteiger partial charge in [-0.15, -0.1) is 0 Å². The molecule has 0 saturated heterocycles. The summed E-state index contributed by atoms with van der Waals surface area (Å²) in [7, 11) is -3.65. The zero-order valence-corrected chi connectivity index (χ0v) is 10.5. The minimum absolute atomic E-state index is 0.0838. The van der Waals surface area contributed by atoms with Crippen LogP contribution in [0.2, 0.25) is 0 Å². The zero-order valence-electron chi connectivity index (χ0n) is 9.71. The molecule has 0 atom stereocenters. The van der Waals surface area contributed by atoms with Gasteiger partial charge < -0.3 is 10.3 Å². The Kier molecular flexibility index (Phi) is 3.47. The van der Waals surface area contributed by atoms with E-state index in [0.29, 0.717) is 5.82 Å². The summed E-state index contributed by atoms with van der Waals surface area (Å²) in [4.78, 5) is 10.5. The SMILES string of the molecule is CCNc1ccc(S(=O)(=O)Nc2ncc[nH]2)cn1. The van der Waals surface area contributed by atoms with E-state index < -0.39 is 10.0 Å². The zero-order chi connectivity index (χ0) is 13.0. The van der Waals surface area contributed by atoms with Crippen LogP contribution in [0.15, 0.2) is 35.6 Å². The minimum Gasteiger partial charge on any atom is -0.370 e. The molecule has 0 aromatic carbocycles. The van der Waals surface area contributed by atoms with Gasteiger partial charge in [0, 0.05) is 25.1 Å². The van der Waals surface area contributed by atoms with Crippen molar-refractivity contribution >= 4 is 21.8 Å². The Balaban J connectivity index is 2.19. The van der Waals surface area contributed by atoms with Crippen LogP contribution in [-0.2, 0) is 10.0 Å². The first-order valence-electron chi connectivity index (χ1n) is 5.34. The van der Waals surface area contributed by atoms with Crippen molar-refractivity contribution in [1.82, 2.24) is 15.0 Å². The lowest BCUT2D eigenvalue weighted by Gasteiger charge is -2.06. The Hall–Kier alpha value is -2.09. The molecule has 0 fully saturated rings. The summed E-state index contributed by atoms with van der Waals surface area (Å²) in [6.45, 7) is 2.66. The molecule has 2 aromatic heterocycles. The van der Waals surface area contributed by atoms with Crippen LogP contribution in [0.5, 0.6) is 0 Å². The first-order chi connectivity index (χ1) is 8.62.